The van der Waals surface area contributed by atoms with E-state index >= 15 is 0 Å². The Morgan fingerprint density at radius 1 is 0.647 bits per heavy atom. The normalized spacial score (nSPS) is 15.4. The number of hydrogen-bond donors (Lipinski definition) is 0. The Hall–Kier alpha value is -2.03. The Labute approximate surface area is 213 Å². The first kappa shape index (κ1) is 25.1. The van der Waals surface area contributed by atoms with Gasteiger partial charge in [-0.05, 0) is 84.0 Å². The number of hydrogen-bond acceptors (Lipinski definition) is 1. The summed E-state index contributed by atoms with van der Waals surface area (Å²) in [6, 6.07) is 23.7. The van der Waals surface area contributed by atoms with Crippen LogP contribution in [0.25, 0.3) is 4.91 Å². The maximum Gasteiger partial charge on any atom is 0.0400 e. The highest BCUT2D eigenvalue weighted by molar-refractivity contribution is 8.43. The molecule has 2 aromatic carbocycles. The predicted molar refractivity (Wildman–Crippen MR) is 154 cm³/mol. The van der Waals surface area contributed by atoms with Gasteiger partial charge >= 0.3 is 0 Å². The fourth-order valence-corrected chi connectivity index (χ4v) is 9.43. The SMILES string of the molecule is CCCCCCc1ccc(S2(c3ccc(CCCCCC)cc3)C=CC=C2c2cccs2)cc1. The Bertz CT molecular complexity index is 998. The van der Waals surface area contributed by atoms with Crippen molar-refractivity contribution >= 4 is 26.3 Å². The first-order valence-corrected chi connectivity index (χ1v) is 15.8. The number of benzene rings is 2. The van der Waals surface area contributed by atoms with Gasteiger partial charge in [0, 0.05) is 19.6 Å². The zero-order valence-electron chi connectivity index (χ0n) is 21.0. The lowest BCUT2D eigenvalue weighted by Crippen LogP contribution is -2.01. The lowest BCUT2D eigenvalue weighted by molar-refractivity contribution is 0.666. The van der Waals surface area contributed by atoms with Crippen molar-refractivity contribution in [1.29, 1.82) is 0 Å². The first-order chi connectivity index (χ1) is 16.8. The highest BCUT2D eigenvalue weighted by Crippen LogP contribution is 2.74. The number of aryl methyl sites for hydroxylation is 2. The van der Waals surface area contributed by atoms with Gasteiger partial charge in [-0.15, -0.1) is 21.4 Å². The molecule has 0 unspecified atom stereocenters. The van der Waals surface area contributed by atoms with E-state index in [-0.39, 0.29) is 0 Å². The van der Waals surface area contributed by atoms with Crippen LogP contribution in [-0.2, 0) is 12.8 Å². The molecule has 3 aromatic rings. The van der Waals surface area contributed by atoms with E-state index in [0.29, 0.717) is 0 Å². The zero-order chi connectivity index (χ0) is 23.6. The van der Waals surface area contributed by atoms with Crippen LogP contribution in [0, 0.1) is 0 Å². The van der Waals surface area contributed by atoms with Gasteiger partial charge in [0.2, 0.25) is 0 Å². The number of allylic oxidation sites excluding steroid dienone is 2. The van der Waals surface area contributed by atoms with E-state index in [1.807, 2.05) is 11.3 Å². The Morgan fingerprint density at radius 2 is 1.21 bits per heavy atom. The molecule has 34 heavy (non-hydrogen) atoms. The third-order valence-corrected chi connectivity index (χ3v) is 11.5. The van der Waals surface area contributed by atoms with E-state index in [0.717, 1.165) is 0 Å². The number of rotatable bonds is 13. The monoisotopic (exact) mass is 488 g/mol. The minimum absolute atomic E-state index is 1.19. The van der Waals surface area contributed by atoms with E-state index in [2.05, 4.69) is 97.5 Å². The minimum Gasteiger partial charge on any atom is -0.143 e. The number of unbranched alkanes of at least 4 members (excludes halogenated alkanes) is 6. The van der Waals surface area contributed by atoms with E-state index < -0.39 is 10.0 Å². The van der Waals surface area contributed by atoms with Crippen molar-refractivity contribution in [3.05, 3.63) is 99.6 Å². The second-order valence-corrected chi connectivity index (χ2v) is 13.3. The van der Waals surface area contributed by atoms with Gasteiger partial charge in [-0.25, -0.2) is 0 Å². The van der Waals surface area contributed by atoms with Crippen molar-refractivity contribution in [3.8, 4) is 0 Å². The summed E-state index contributed by atoms with van der Waals surface area (Å²) in [6.45, 7) is 4.56. The summed E-state index contributed by atoms with van der Waals surface area (Å²) in [5, 5.41) is 4.70. The summed E-state index contributed by atoms with van der Waals surface area (Å²) >= 11 is 1.86. The molecule has 0 atom stereocenters. The van der Waals surface area contributed by atoms with Crippen LogP contribution in [0.5, 0.6) is 0 Å². The minimum atomic E-state index is -1.38. The van der Waals surface area contributed by atoms with Crippen molar-refractivity contribution < 1.29 is 0 Å². The van der Waals surface area contributed by atoms with Crippen LogP contribution in [0.1, 0.15) is 81.2 Å². The molecule has 1 aliphatic heterocycles. The zero-order valence-corrected chi connectivity index (χ0v) is 22.6. The second-order valence-electron chi connectivity index (χ2n) is 9.41. The van der Waals surface area contributed by atoms with Gasteiger partial charge < -0.3 is 0 Å². The van der Waals surface area contributed by atoms with E-state index in [1.54, 1.807) is 0 Å². The standard InChI is InChI=1S/C32H40S2/c1-3-5-7-9-13-27-17-21-29(22-18-27)34(26-12-16-32(34)31-15-11-25-33-31)30-23-19-28(20-24-30)14-10-8-6-4-2/h11-12,15-26H,3-10,13-14H2,1-2H3. The smallest absolute Gasteiger partial charge is 0.0400 e. The van der Waals surface area contributed by atoms with Crippen molar-refractivity contribution in [2.45, 2.75) is 87.8 Å². The van der Waals surface area contributed by atoms with Crippen molar-refractivity contribution in [2.75, 3.05) is 0 Å². The summed E-state index contributed by atoms with van der Waals surface area (Å²) in [7, 11) is -1.38. The second kappa shape index (κ2) is 12.6. The first-order valence-electron chi connectivity index (χ1n) is 13.2. The van der Waals surface area contributed by atoms with Gasteiger partial charge in [0.05, 0.1) is 0 Å². The molecule has 180 valence electrons. The molecule has 0 nitrogen and oxygen atoms in total. The number of thiophene rings is 1. The van der Waals surface area contributed by atoms with E-state index in [9.17, 15) is 0 Å². The fourth-order valence-electron chi connectivity index (χ4n) is 4.89. The molecule has 0 N–H and O–H groups in total. The predicted octanol–water partition coefficient (Wildman–Crippen LogP) is 10.8. The molecule has 0 spiro atoms. The van der Waals surface area contributed by atoms with Gasteiger partial charge in [0.1, 0.15) is 0 Å². The third-order valence-electron chi connectivity index (χ3n) is 6.87. The molecule has 1 aliphatic rings. The van der Waals surface area contributed by atoms with Gasteiger partial charge in [0.25, 0.3) is 0 Å². The van der Waals surface area contributed by atoms with Gasteiger partial charge in [0.15, 0.2) is 0 Å². The van der Waals surface area contributed by atoms with Gasteiger partial charge in [-0.1, -0.05) is 88.8 Å². The summed E-state index contributed by atoms with van der Waals surface area (Å²) < 4.78 is 0. The van der Waals surface area contributed by atoms with Crippen LogP contribution in [0.4, 0.5) is 0 Å². The molecule has 2 heterocycles. The molecular formula is C32H40S2. The molecule has 0 aliphatic carbocycles. The summed E-state index contributed by atoms with van der Waals surface area (Å²) in [4.78, 5) is 5.78. The average Bonchev–Trinajstić information content (AvgIpc) is 3.56. The molecule has 1 aromatic heterocycles. The Kier molecular flexibility index (Phi) is 9.30. The molecule has 0 bridgehead atoms. The molecule has 0 radical (unpaired) electrons. The highest BCUT2D eigenvalue weighted by Gasteiger charge is 2.34. The average molecular weight is 489 g/mol. The summed E-state index contributed by atoms with van der Waals surface area (Å²) in [5.41, 5.74) is 2.95. The van der Waals surface area contributed by atoms with Crippen LogP contribution < -0.4 is 0 Å². The van der Waals surface area contributed by atoms with Crippen LogP contribution in [0.3, 0.4) is 0 Å². The van der Waals surface area contributed by atoms with Crippen LogP contribution >= 0.6 is 21.4 Å². The van der Waals surface area contributed by atoms with Crippen LogP contribution in [-0.4, -0.2) is 0 Å². The lowest BCUT2D eigenvalue weighted by atomic mass is 10.1. The maximum atomic E-state index is 2.49. The largest absolute Gasteiger partial charge is 0.143 e. The van der Waals surface area contributed by atoms with Gasteiger partial charge in [-0.3, -0.25) is 0 Å². The molecule has 0 fully saturated rings. The van der Waals surface area contributed by atoms with Crippen molar-refractivity contribution in [3.63, 3.8) is 0 Å². The van der Waals surface area contributed by atoms with E-state index in [4.69, 9.17) is 0 Å². The quantitative estimate of drug-likeness (QED) is 0.210. The molecule has 2 heteroatoms. The maximum absolute atomic E-state index is 2.49. The Morgan fingerprint density at radius 3 is 1.68 bits per heavy atom. The van der Waals surface area contributed by atoms with E-state index in [1.165, 1.54) is 94.9 Å². The molecular weight excluding hydrogens is 448 g/mol. The molecule has 0 saturated carbocycles. The third kappa shape index (κ3) is 5.78. The molecule has 0 amide bonds. The highest BCUT2D eigenvalue weighted by atomic mass is 32.3. The summed E-state index contributed by atoms with van der Waals surface area (Å²) in [5.74, 6) is 0. The fraction of sp³-hybridized carbons (Fsp3) is 0.375. The molecule has 0 saturated heterocycles. The Balaban J connectivity index is 1.62. The molecule has 4 rings (SSSR count). The topological polar surface area (TPSA) is 0 Å². The van der Waals surface area contributed by atoms with Crippen molar-refractivity contribution in [1.82, 2.24) is 0 Å². The summed E-state index contributed by atoms with van der Waals surface area (Å²) in [6.07, 6.45) is 17.6. The van der Waals surface area contributed by atoms with Crippen LogP contribution in [0.15, 0.2) is 93.4 Å². The lowest BCUT2D eigenvalue weighted by Gasteiger charge is -2.38. The van der Waals surface area contributed by atoms with Crippen LogP contribution in [0.2, 0.25) is 0 Å². The van der Waals surface area contributed by atoms with Gasteiger partial charge in [-0.2, -0.15) is 0 Å². The van der Waals surface area contributed by atoms with Crippen molar-refractivity contribution in [2.24, 2.45) is 0 Å².